The zero-order valence-electron chi connectivity index (χ0n) is 9.56. The first-order chi connectivity index (χ1) is 7.22. The van der Waals surface area contributed by atoms with Crippen molar-refractivity contribution in [3.63, 3.8) is 0 Å². The van der Waals surface area contributed by atoms with Crippen LogP contribution < -0.4 is 0 Å². The van der Waals surface area contributed by atoms with Crippen LogP contribution in [0.15, 0.2) is 12.4 Å². The molecular formula is C11H18N2O2. The third kappa shape index (κ3) is 2.81. The Morgan fingerprint density at radius 2 is 2.27 bits per heavy atom. The standard InChI is InChI=1S/C11H18N2O2/c1-4-10(11(14)15-6-3)9-7-12-13(5-2)8-9/h7-8,10H,4-6H2,1-3H3. The van der Waals surface area contributed by atoms with E-state index in [1.165, 1.54) is 0 Å². The van der Waals surface area contributed by atoms with Crippen molar-refractivity contribution in [1.29, 1.82) is 0 Å². The summed E-state index contributed by atoms with van der Waals surface area (Å²) in [5.74, 6) is -0.332. The molecule has 0 aromatic carbocycles. The van der Waals surface area contributed by atoms with Crippen LogP contribution in [0, 0.1) is 0 Å². The summed E-state index contributed by atoms with van der Waals surface area (Å²) in [6.45, 7) is 7.06. The van der Waals surface area contributed by atoms with Crippen LogP contribution >= 0.6 is 0 Å². The van der Waals surface area contributed by atoms with E-state index in [0.717, 1.165) is 18.5 Å². The third-order valence-corrected chi connectivity index (χ3v) is 2.36. The van der Waals surface area contributed by atoms with Crippen LogP contribution in [0.2, 0.25) is 0 Å². The van der Waals surface area contributed by atoms with Crippen LogP contribution in [0.1, 0.15) is 38.7 Å². The minimum Gasteiger partial charge on any atom is -0.466 e. The van der Waals surface area contributed by atoms with Crippen molar-refractivity contribution in [2.45, 2.75) is 39.7 Å². The summed E-state index contributed by atoms with van der Waals surface area (Å²) in [6, 6.07) is 0. The van der Waals surface area contributed by atoms with Crippen molar-refractivity contribution in [2.75, 3.05) is 6.61 Å². The van der Waals surface area contributed by atoms with Gasteiger partial charge in [-0.1, -0.05) is 6.92 Å². The second kappa shape index (κ2) is 5.53. The molecule has 15 heavy (non-hydrogen) atoms. The first kappa shape index (κ1) is 11.8. The molecule has 0 N–H and O–H groups in total. The Bertz CT molecular complexity index is 320. The van der Waals surface area contributed by atoms with Gasteiger partial charge in [0.1, 0.15) is 0 Å². The van der Waals surface area contributed by atoms with Crippen molar-refractivity contribution in [3.05, 3.63) is 18.0 Å². The van der Waals surface area contributed by atoms with Crippen molar-refractivity contribution in [2.24, 2.45) is 0 Å². The molecule has 0 aliphatic carbocycles. The topological polar surface area (TPSA) is 44.1 Å². The Morgan fingerprint density at radius 1 is 1.53 bits per heavy atom. The molecule has 0 fully saturated rings. The Kier molecular flexibility index (Phi) is 4.34. The zero-order valence-corrected chi connectivity index (χ0v) is 9.56. The quantitative estimate of drug-likeness (QED) is 0.698. The first-order valence-electron chi connectivity index (χ1n) is 5.41. The highest BCUT2D eigenvalue weighted by atomic mass is 16.5. The van der Waals surface area contributed by atoms with Gasteiger partial charge in [0.15, 0.2) is 0 Å². The van der Waals surface area contributed by atoms with Gasteiger partial charge in [-0.2, -0.15) is 5.10 Å². The second-order valence-corrected chi connectivity index (χ2v) is 3.34. The lowest BCUT2D eigenvalue weighted by atomic mass is 10.0. The molecule has 4 nitrogen and oxygen atoms in total. The molecule has 1 rings (SSSR count). The molecule has 1 unspecified atom stereocenters. The van der Waals surface area contributed by atoms with E-state index < -0.39 is 0 Å². The Hall–Kier alpha value is -1.32. The van der Waals surface area contributed by atoms with E-state index in [2.05, 4.69) is 5.10 Å². The number of nitrogens with zero attached hydrogens (tertiary/aromatic N) is 2. The van der Waals surface area contributed by atoms with E-state index in [4.69, 9.17) is 4.74 Å². The molecular weight excluding hydrogens is 192 g/mol. The van der Waals surface area contributed by atoms with E-state index >= 15 is 0 Å². The smallest absolute Gasteiger partial charge is 0.313 e. The lowest BCUT2D eigenvalue weighted by molar-refractivity contribution is -0.145. The van der Waals surface area contributed by atoms with E-state index in [-0.39, 0.29) is 11.9 Å². The van der Waals surface area contributed by atoms with E-state index in [0.29, 0.717) is 6.61 Å². The minimum absolute atomic E-state index is 0.157. The maximum atomic E-state index is 11.6. The minimum atomic E-state index is -0.176. The van der Waals surface area contributed by atoms with Crippen molar-refractivity contribution in [3.8, 4) is 0 Å². The van der Waals surface area contributed by atoms with Gasteiger partial charge in [0.25, 0.3) is 0 Å². The lowest BCUT2D eigenvalue weighted by Gasteiger charge is -2.10. The number of ether oxygens (including phenoxy) is 1. The molecule has 0 saturated heterocycles. The number of rotatable bonds is 5. The molecule has 1 heterocycles. The summed E-state index contributed by atoms with van der Waals surface area (Å²) in [5.41, 5.74) is 0.942. The Morgan fingerprint density at radius 3 is 2.73 bits per heavy atom. The predicted octanol–water partition coefficient (Wildman–Crippen LogP) is 1.96. The van der Waals surface area contributed by atoms with Gasteiger partial charge in [-0.05, 0) is 20.3 Å². The van der Waals surface area contributed by atoms with Crippen LogP contribution in [0.4, 0.5) is 0 Å². The summed E-state index contributed by atoms with van der Waals surface area (Å²) in [7, 11) is 0. The monoisotopic (exact) mass is 210 g/mol. The first-order valence-corrected chi connectivity index (χ1v) is 5.41. The molecule has 84 valence electrons. The van der Waals surface area contributed by atoms with Gasteiger partial charge in [0.2, 0.25) is 0 Å². The van der Waals surface area contributed by atoms with E-state index in [1.807, 2.05) is 31.6 Å². The molecule has 0 radical (unpaired) electrons. The van der Waals surface area contributed by atoms with E-state index in [9.17, 15) is 4.79 Å². The summed E-state index contributed by atoms with van der Waals surface area (Å²) >= 11 is 0. The van der Waals surface area contributed by atoms with Crippen LogP contribution in [0.25, 0.3) is 0 Å². The molecule has 1 aromatic heterocycles. The Balaban J connectivity index is 2.77. The number of aromatic nitrogens is 2. The van der Waals surface area contributed by atoms with Gasteiger partial charge in [0.05, 0.1) is 18.7 Å². The van der Waals surface area contributed by atoms with Crippen LogP contribution in [-0.2, 0) is 16.1 Å². The largest absolute Gasteiger partial charge is 0.466 e. The molecule has 0 amide bonds. The van der Waals surface area contributed by atoms with Gasteiger partial charge < -0.3 is 4.74 Å². The van der Waals surface area contributed by atoms with Gasteiger partial charge >= 0.3 is 5.97 Å². The third-order valence-electron chi connectivity index (χ3n) is 2.36. The molecule has 0 aliphatic rings. The van der Waals surface area contributed by atoms with E-state index in [1.54, 1.807) is 6.20 Å². The number of carbonyl (C=O) groups excluding carboxylic acids is 1. The highest BCUT2D eigenvalue weighted by Crippen LogP contribution is 2.20. The fourth-order valence-corrected chi connectivity index (χ4v) is 1.51. The van der Waals surface area contributed by atoms with Gasteiger partial charge in [-0.15, -0.1) is 0 Å². The van der Waals surface area contributed by atoms with Gasteiger partial charge in [0, 0.05) is 18.3 Å². The molecule has 4 heteroatoms. The molecule has 0 saturated carbocycles. The summed E-state index contributed by atoms with van der Waals surface area (Å²) < 4.78 is 6.83. The molecule has 0 spiro atoms. The van der Waals surface area contributed by atoms with Crippen molar-refractivity contribution >= 4 is 5.97 Å². The number of esters is 1. The second-order valence-electron chi connectivity index (χ2n) is 3.34. The zero-order chi connectivity index (χ0) is 11.3. The number of carbonyl (C=O) groups is 1. The number of hydrogen-bond donors (Lipinski definition) is 0. The molecule has 1 atom stereocenters. The SMILES string of the molecule is CCOC(=O)C(CC)c1cnn(CC)c1. The lowest BCUT2D eigenvalue weighted by Crippen LogP contribution is -2.14. The summed E-state index contributed by atoms with van der Waals surface area (Å²) in [5, 5.41) is 4.15. The maximum Gasteiger partial charge on any atom is 0.313 e. The molecule has 1 aromatic rings. The van der Waals surface area contributed by atoms with Crippen LogP contribution in [0.5, 0.6) is 0 Å². The predicted molar refractivity (Wildman–Crippen MR) is 57.6 cm³/mol. The normalized spacial score (nSPS) is 12.5. The number of aryl methyl sites for hydroxylation is 1. The highest BCUT2D eigenvalue weighted by molar-refractivity contribution is 5.77. The highest BCUT2D eigenvalue weighted by Gasteiger charge is 2.21. The Labute approximate surface area is 90.2 Å². The molecule has 0 aliphatic heterocycles. The number of hydrogen-bond acceptors (Lipinski definition) is 3. The van der Waals surface area contributed by atoms with Gasteiger partial charge in [-0.25, -0.2) is 0 Å². The fourth-order valence-electron chi connectivity index (χ4n) is 1.51. The van der Waals surface area contributed by atoms with Crippen molar-refractivity contribution in [1.82, 2.24) is 9.78 Å². The molecule has 0 bridgehead atoms. The fraction of sp³-hybridized carbons (Fsp3) is 0.636. The van der Waals surface area contributed by atoms with Crippen molar-refractivity contribution < 1.29 is 9.53 Å². The summed E-state index contributed by atoms with van der Waals surface area (Å²) in [4.78, 5) is 11.6. The van der Waals surface area contributed by atoms with Crippen LogP contribution in [0.3, 0.4) is 0 Å². The average molecular weight is 210 g/mol. The average Bonchev–Trinajstić information content (AvgIpc) is 2.68. The summed E-state index contributed by atoms with van der Waals surface area (Å²) in [6.07, 6.45) is 4.40. The van der Waals surface area contributed by atoms with Gasteiger partial charge in [-0.3, -0.25) is 9.48 Å². The maximum absolute atomic E-state index is 11.6. The van der Waals surface area contributed by atoms with Crippen LogP contribution in [-0.4, -0.2) is 22.4 Å².